The topological polar surface area (TPSA) is 103 Å². The third-order valence-corrected chi connectivity index (χ3v) is 21.4. The fourth-order valence-electron chi connectivity index (χ4n) is 16.0. The predicted molar refractivity (Wildman–Crippen MR) is 449 cm³/mol. The molecule has 0 saturated heterocycles. The molecule has 0 atom stereocenters. The van der Waals surface area contributed by atoms with Crippen LogP contribution in [0.25, 0.3) is 220 Å². The normalized spacial score (nSPS) is 11.7. The van der Waals surface area contributed by atoms with Crippen molar-refractivity contribution in [2.24, 2.45) is 0 Å². The third-order valence-electron chi connectivity index (χ3n) is 21.4. The Labute approximate surface area is 620 Å². The lowest BCUT2D eigenvalue weighted by atomic mass is 9.93. The molecule has 8 aromatic heterocycles. The molecule has 0 unspecified atom stereocenters. The largest absolute Gasteiger partial charge is 0.254 e. The quantitative estimate of drug-likeness (QED) is 0.139. The van der Waals surface area contributed by atoms with Crippen LogP contribution in [-0.2, 0) is 0 Å². The molecule has 0 bridgehead atoms. The molecule has 0 aliphatic carbocycles. The maximum Gasteiger partial charge on any atom is 0.0972 e. The molecule has 8 heteroatoms. The summed E-state index contributed by atoms with van der Waals surface area (Å²) in [4.78, 5) is 39.6. The Morgan fingerprint density at radius 3 is 1.14 bits per heavy atom. The van der Waals surface area contributed by atoms with Crippen molar-refractivity contribution in [2.45, 2.75) is 0 Å². The first-order valence-corrected chi connectivity index (χ1v) is 36.4. The fraction of sp³-hybridized carbons (Fsp3) is 0. The van der Waals surface area contributed by atoms with E-state index in [0.29, 0.717) is 0 Å². The molecule has 0 radical (unpaired) electrons. The van der Waals surface area contributed by atoms with E-state index in [9.17, 15) is 0 Å². The first kappa shape index (κ1) is 62.0. The van der Waals surface area contributed by atoms with E-state index in [1.165, 1.54) is 32.3 Å². The average molecular weight is 1370 g/mol. The van der Waals surface area contributed by atoms with Crippen LogP contribution >= 0.6 is 0 Å². The van der Waals surface area contributed by atoms with E-state index in [1.807, 2.05) is 55.0 Å². The van der Waals surface area contributed by atoms with Gasteiger partial charge in [-0.05, 0) is 174 Å². The molecule has 0 aliphatic rings. The van der Waals surface area contributed by atoms with Crippen LogP contribution in [0.1, 0.15) is 0 Å². The van der Waals surface area contributed by atoms with E-state index < -0.39 is 0 Å². The summed E-state index contributed by atoms with van der Waals surface area (Å²) >= 11 is 0. The lowest BCUT2D eigenvalue weighted by Crippen LogP contribution is -1.92. The van der Waals surface area contributed by atoms with Crippen molar-refractivity contribution in [1.82, 2.24) is 39.9 Å². The lowest BCUT2D eigenvalue weighted by Gasteiger charge is -2.13. The van der Waals surface area contributed by atoms with Gasteiger partial charge in [0.25, 0.3) is 0 Å². The van der Waals surface area contributed by atoms with Crippen LogP contribution in [0.5, 0.6) is 0 Å². The van der Waals surface area contributed by atoms with E-state index in [-0.39, 0.29) is 0 Å². The average Bonchev–Trinajstić information content (AvgIpc) is 0.707. The minimum atomic E-state index is 0.917. The molecule has 22 rings (SSSR count). The van der Waals surface area contributed by atoms with Crippen molar-refractivity contribution < 1.29 is 0 Å². The summed E-state index contributed by atoms with van der Waals surface area (Å²) in [7, 11) is 0. The van der Waals surface area contributed by atoms with Gasteiger partial charge in [0, 0.05) is 89.5 Å². The number of rotatable bonds is 8. The molecule has 0 amide bonds. The summed E-state index contributed by atoms with van der Waals surface area (Å²) in [5.74, 6) is 0. The van der Waals surface area contributed by atoms with Gasteiger partial charge in [0.1, 0.15) is 0 Å². The molecule has 108 heavy (non-hydrogen) atoms. The minimum absolute atomic E-state index is 0.917. The second kappa shape index (κ2) is 25.7. The van der Waals surface area contributed by atoms with Crippen LogP contribution in [-0.4, -0.2) is 39.9 Å². The van der Waals surface area contributed by atoms with Crippen LogP contribution < -0.4 is 0 Å². The van der Waals surface area contributed by atoms with E-state index in [0.717, 1.165) is 188 Å². The summed E-state index contributed by atoms with van der Waals surface area (Å²) in [6, 6.07) is 122. The molecule has 8 nitrogen and oxygen atoms in total. The summed E-state index contributed by atoms with van der Waals surface area (Å²) in [5.41, 5.74) is 24.6. The third kappa shape index (κ3) is 10.9. The highest BCUT2D eigenvalue weighted by Crippen LogP contribution is 2.42. The predicted octanol–water partition coefficient (Wildman–Crippen LogP) is 25.7. The van der Waals surface area contributed by atoms with Crippen molar-refractivity contribution in [1.29, 1.82) is 0 Å². The molecule has 0 N–H and O–H groups in total. The van der Waals surface area contributed by atoms with Crippen molar-refractivity contribution in [2.75, 3.05) is 0 Å². The van der Waals surface area contributed by atoms with Gasteiger partial charge in [-0.2, -0.15) is 0 Å². The highest BCUT2D eigenvalue weighted by molar-refractivity contribution is 6.26. The minimum Gasteiger partial charge on any atom is -0.254 e. The van der Waals surface area contributed by atoms with E-state index in [2.05, 4.69) is 319 Å². The molecule has 22 aromatic rings. The fourth-order valence-corrected chi connectivity index (χ4v) is 16.0. The van der Waals surface area contributed by atoms with Crippen LogP contribution in [0.3, 0.4) is 0 Å². The smallest absolute Gasteiger partial charge is 0.0972 e. The van der Waals surface area contributed by atoms with Gasteiger partial charge in [0.2, 0.25) is 0 Å². The van der Waals surface area contributed by atoms with E-state index >= 15 is 0 Å². The Hall–Kier alpha value is -14.6. The maximum atomic E-state index is 5.23. The van der Waals surface area contributed by atoms with Crippen LogP contribution in [0.2, 0.25) is 0 Å². The van der Waals surface area contributed by atoms with E-state index in [1.54, 1.807) is 0 Å². The molecule has 0 saturated carbocycles. The molecule has 0 spiro atoms. The van der Waals surface area contributed by atoms with Gasteiger partial charge in [-0.25, -0.2) is 24.9 Å². The highest BCUT2D eigenvalue weighted by Gasteiger charge is 2.18. The zero-order valence-corrected chi connectivity index (χ0v) is 58.2. The second-order valence-electron chi connectivity index (χ2n) is 27.7. The van der Waals surface area contributed by atoms with Crippen molar-refractivity contribution in [3.63, 3.8) is 0 Å². The van der Waals surface area contributed by atoms with Crippen molar-refractivity contribution >= 4 is 130 Å². The maximum absolute atomic E-state index is 5.23. The molecule has 8 heterocycles. The number of aromatic nitrogens is 8. The zero-order valence-electron chi connectivity index (χ0n) is 58.2. The number of nitrogens with zero attached hydrogens (tertiary/aromatic N) is 8. The standard InChI is InChI=1S/C54H32N4.C46H28N4/c1-2-10-43-41(8-1)42-9-3-4-11-44(42)48-30-39(19-23-45(43)48)51-26-22-38-29-36(21-25-50(38)57-51)37-18-17-35-20-24-49(58-52(35)32-37)34-15-13-33(14-16-34)47-31-40-7-5-27-55-53(40)54-46(47)12-6-28-56-54;1-2-7-29(8-3-1)40-23-19-35-27-33(18-22-41(35)48-40)34-15-12-30-16-24-42(49-44(30)28-34)38-20-21-39(37-11-5-4-10-36(37)38)43-25-17-32-14-13-31-9-6-26-47-45(31)46(32)50-43/h1-32H;1-28H. The van der Waals surface area contributed by atoms with Gasteiger partial charge >= 0.3 is 0 Å². The number of hydrogen-bond acceptors (Lipinski definition) is 8. The van der Waals surface area contributed by atoms with Crippen LogP contribution in [0.4, 0.5) is 0 Å². The Balaban J connectivity index is 0.000000139. The molecule has 0 aliphatic heterocycles. The molecule has 14 aromatic carbocycles. The van der Waals surface area contributed by atoms with Gasteiger partial charge in [0.15, 0.2) is 0 Å². The van der Waals surface area contributed by atoms with Gasteiger partial charge in [-0.3, -0.25) is 15.0 Å². The van der Waals surface area contributed by atoms with E-state index in [4.69, 9.17) is 29.9 Å². The number of fused-ring (bicyclic) bond motifs is 17. The van der Waals surface area contributed by atoms with Crippen molar-refractivity contribution in [3.8, 4) is 89.7 Å². The van der Waals surface area contributed by atoms with Crippen molar-refractivity contribution in [3.05, 3.63) is 364 Å². The highest BCUT2D eigenvalue weighted by atomic mass is 14.8. The molecule has 0 fully saturated rings. The Kier molecular flexibility index (Phi) is 14.7. The first-order valence-electron chi connectivity index (χ1n) is 36.4. The van der Waals surface area contributed by atoms with Gasteiger partial charge in [0.05, 0.1) is 72.6 Å². The summed E-state index contributed by atoms with van der Waals surface area (Å²) in [6.45, 7) is 0. The number of hydrogen-bond donors (Lipinski definition) is 0. The zero-order chi connectivity index (χ0) is 71.2. The van der Waals surface area contributed by atoms with Gasteiger partial charge in [-0.1, -0.05) is 249 Å². The first-order chi connectivity index (χ1) is 53.5. The summed E-state index contributed by atoms with van der Waals surface area (Å²) in [6.07, 6.45) is 5.50. The van der Waals surface area contributed by atoms with Gasteiger partial charge in [-0.15, -0.1) is 0 Å². The van der Waals surface area contributed by atoms with Gasteiger partial charge < -0.3 is 0 Å². The lowest BCUT2D eigenvalue weighted by molar-refractivity contribution is 1.37. The summed E-state index contributed by atoms with van der Waals surface area (Å²) < 4.78 is 0. The Bertz CT molecular complexity index is 7410. The Morgan fingerprint density at radius 2 is 0.528 bits per heavy atom. The number of benzene rings is 14. The molecular weight excluding hydrogens is 1310 g/mol. The molecule has 500 valence electrons. The summed E-state index contributed by atoms with van der Waals surface area (Å²) in [5, 5.41) is 18.7. The Morgan fingerprint density at radius 1 is 0.148 bits per heavy atom. The molecular formula is C100H60N8. The second-order valence-corrected chi connectivity index (χ2v) is 27.7. The van der Waals surface area contributed by atoms with Crippen LogP contribution in [0, 0.1) is 0 Å². The SMILES string of the molecule is c1ccc(-c2ccc3cc(-c4ccc5ccc(-c6ccc(-c7ccc8ccc9cccnc9c8n7)c7ccccc67)nc5c4)ccc3n2)cc1.c1cnc2c(c1)cc(-c1ccc(-c3ccc4ccc(-c5ccc6nc(-c7ccc8c9ccccc9c9ccccc9c8c7)ccc6c5)cc4n3)cc1)c1cccnc12. The number of pyridine rings is 8. The van der Waals surface area contributed by atoms with Crippen LogP contribution in [0.15, 0.2) is 364 Å². The monoisotopic (exact) mass is 1370 g/mol.